The van der Waals surface area contributed by atoms with Crippen LogP contribution in [0.3, 0.4) is 0 Å². The van der Waals surface area contributed by atoms with E-state index in [1.165, 1.54) is 12.1 Å². The van der Waals surface area contributed by atoms with Gasteiger partial charge in [-0.25, -0.2) is 0 Å². The summed E-state index contributed by atoms with van der Waals surface area (Å²) in [5.74, 6) is 0.465. The molecule has 0 bridgehead atoms. The molecular formula is C11H15NO2. The second-order valence-corrected chi connectivity index (χ2v) is 2.65. The second kappa shape index (κ2) is 3.88. The van der Waals surface area contributed by atoms with Gasteiger partial charge < -0.3 is 14.8 Å². The van der Waals surface area contributed by atoms with Gasteiger partial charge in [0.15, 0.2) is 11.5 Å². The lowest BCUT2D eigenvalue weighted by molar-refractivity contribution is 0.174. The molecular weight excluding hydrogens is 178 g/mol. The van der Waals surface area contributed by atoms with Crippen LogP contribution < -0.4 is 14.8 Å². The lowest BCUT2D eigenvalue weighted by Crippen LogP contribution is -2.23. The SMILES string of the molecule is [2H]N(C([2H])([2H])[2H])C([2H])(C([2H])([2H])[2H])C([2H])([2H])c1ccc2c(c1)OCO2. The van der Waals surface area contributed by atoms with Crippen LogP contribution >= 0.6 is 0 Å². The van der Waals surface area contributed by atoms with Gasteiger partial charge in [0.05, 0.1) is 0 Å². The molecule has 3 nitrogen and oxygen atoms in total. The molecule has 0 fully saturated rings. The van der Waals surface area contributed by atoms with Gasteiger partial charge in [0.2, 0.25) is 6.79 Å². The van der Waals surface area contributed by atoms with Crippen molar-refractivity contribution in [3.63, 3.8) is 0 Å². The largest absolute Gasteiger partial charge is 0.454 e. The molecule has 14 heavy (non-hydrogen) atoms. The Morgan fingerprint density at radius 3 is 3.50 bits per heavy atom. The van der Waals surface area contributed by atoms with E-state index in [4.69, 9.17) is 23.2 Å². The number of rotatable bonds is 3. The molecule has 1 aliphatic heterocycles. The van der Waals surface area contributed by atoms with Crippen molar-refractivity contribution in [3.8, 4) is 11.5 Å². The van der Waals surface area contributed by atoms with E-state index in [1.54, 1.807) is 0 Å². The van der Waals surface area contributed by atoms with Gasteiger partial charge in [-0.05, 0) is 37.9 Å². The fourth-order valence-electron chi connectivity index (χ4n) is 1.14. The molecule has 0 saturated carbocycles. The van der Waals surface area contributed by atoms with Gasteiger partial charge in [0, 0.05) is 18.4 Å². The predicted molar refractivity (Wildman–Crippen MR) is 54.8 cm³/mol. The summed E-state index contributed by atoms with van der Waals surface area (Å²) in [5.41, 5.74) is -0.306. The minimum Gasteiger partial charge on any atom is -0.454 e. The summed E-state index contributed by atoms with van der Waals surface area (Å²) in [6, 6.07) is 0.263. The van der Waals surface area contributed by atoms with E-state index in [2.05, 4.69) is 0 Å². The van der Waals surface area contributed by atoms with Crippen molar-refractivity contribution in [3.05, 3.63) is 23.8 Å². The molecule has 1 aliphatic rings. The van der Waals surface area contributed by atoms with E-state index in [0.717, 1.165) is 6.07 Å². The standard InChI is InChI=1S/C11H15NO2/c1-8(12-2)5-9-3-4-10-11(6-9)14-7-13-10/h3-4,6,8,12H,5,7H2,1-2H3/i1D3,2D3,5D2,8D/hD. The van der Waals surface area contributed by atoms with Crippen LogP contribution in [0.15, 0.2) is 18.2 Å². The molecule has 76 valence electrons. The van der Waals surface area contributed by atoms with Gasteiger partial charge in [-0.3, -0.25) is 0 Å². The maximum absolute atomic E-state index is 8.16. The molecule has 1 N–H and O–H groups in total. The van der Waals surface area contributed by atoms with Gasteiger partial charge in [-0.15, -0.1) is 0 Å². The molecule has 3 heteroatoms. The molecule has 1 heterocycles. The fourth-order valence-corrected chi connectivity index (χ4v) is 1.14. The number of benzene rings is 1. The highest BCUT2D eigenvalue weighted by Crippen LogP contribution is 2.32. The molecule has 1 aromatic carbocycles. The van der Waals surface area contributed by atoms with Crippen LogP contribution in [0.5, 0.6) is 11.5 Å². The minimum atomic E-state index is -3.43. The molecule has 0 saturated heterocycles. The van der Waals surface area contributed by atoms with Crippen molar-refractivity contribution in [1.29, 1.82) is 0 Å². The van der Waals surface area contributed by atoms with Crippen molar-refractivity contribution >= 4 is 0 Å². The predicted octanol–water partition coefficient (Wildman–Crippen LogP) is 1.57. The van der Waals surface area contributed by atoms with Gasteiger partial charge in [-0.1, -0.05) is 6.07 Å². The lowest BCUT2D eigenvalue weighted by Gasteiger charge is -2.09. The zero-order valence-electron chi connectivity index (χ0n) is 17.2. The quantitative estimate of drug-likeness (QED) is 0.809. The van der Waals surface area contributed by atoms with Gasteiger partial charge in [0.25, 0.3) is 0 Å². The molecule has 1 unspecified atom stereocenters. The highest BCUT2D eigenvalue weighted by molar-refractivity contribution is 5.44. The van der Waals surface area contributed by atoms with Crippen LogP contribution in [0.1, 0.15) is 24.8 Å². The van der Waals surface area contributed by atoms with Crippen molar-refractivity contribution in [2.45, 2.75) is 19.2 Å². The molecule has 0 aromatic heterocycles. The fraction of sp³-hybridized carbons (Fsp3) is 0.455. The monoisotopic (exact) mass is 203 g/mol. The molecule has 0 radical (unpaired) electrons. The topological polar surface area (TPSA) is 30.5 Å². The Bertz CT molecular complexity index is 628. The third-order valence-electron chi connectivity index (χ3n) is 1.75. The van der Waals surface area contributed by atoms with E-state index in [0.29, 0.717) is 5.75 Å². The zero-order valence-corrected chi connectivity index (χ0v) is 7.20. The van der Waals surface area contributed by atoms with Gasteiger partial charge in [0.1, 0.15) is 1.41 Å². The highest BCUT2D eigenvalue weighted by Gasteiger charge is 2.13. The van der Waals surface area contributed by atoms with Crippen LogP contribution in [0.4, 0.5) is 0 Å². The van der Waals surface area contributed by atoms with Crippen molar-refractivity contribution in [1.82, 2.24) is 5.31 Å². The summed E-state index contributed by atoms with van der Waals surface area (Å²) >= 11 is 0. The minimum absolute atomic E-state index is 0.0904. The number of likely N-dealkylation sites (N-methyl/N-ethyl adjacent to an activating group) is 1. The summed E-state index contributed by atoms with van der Waals surface area (Å²) in [6.45, 7) is -6.82. The van der Waals surface area contributed by atoms with E-state index >= 15 is 0 Å². The Hall–Kier alpha value is -1.22. The summed E-state index contributed by atoms with van der Waals surface area (Å²) in [6.07, 6.45) is -3.03. The summed E-state index contributed by atoms with van der Waals surface area (Å²) in [4.78, 5) is 0. The highest BCUT2D eigenvalue weighted by atomic mass is 16.7. The first-order chi connectivity index (χ1) is 10.7. The summed E-state index contributed by atoms with van der Waals surface area (Å²) in [7, 11) is 0. The number of ether oxygens (including phenoxy) is 2. The van der Waals surface area contributed by atoms with Crippen LogP contribution in [-0.2, 0) is 6.37 Å². The third kappa shape index (κ3) is 1.82. The zero-order chi connectivity index (χ0) is 18.6. The number of fused-ring (bicyclic) bond motifs is 1. The molecule has 0 spiro atoms. The number of hydrogen-bond acceptors (Lipinski definition) is 3. The average molecular weight is 203 g/mol. The smallest absolute Gasteiger partial charge is 0.231 e. The Labute approximate surface area is 98.1 Å². The maximum atomic E-state index is 8.16. The van der Waals surface area contributed by atoms with Crippen molar-refractivity contribution in [2.24, 2.45) is 0 Å². The third-order valence-corrected chi connectivity index (χ3v) is 1.75. The van der Waals surface area contributed by atoms with E-state index in [9.17, 15) is 0 Å². The summed E-state index contributed by atoms with van der Waals surface area (Å²) < 4.78 is 86.4. The Morgan fingerprint density at radius 2 is 2.64 bits per heavy atom. The Morgan fingerprint density at radius 1 is 1.71 bits per heavy atom. The lowest BCUT2D eigenvalue weighted by atomic mass is 10.1. The Kier molecular flexibility index (Phi) is 0.869. The Balaban J connectivity index is 2.60. The van der Waals surface area contributed by atoms with Crippen molar-refractivity contribution < 1.29 is 23.2 Å². The molecule has 0 aliphatic carbocycles. The van der Waals surface area contributed by atoms with Crippen LogP contribution in [0.2, 0.25) is 1.41 Å². The van der Waals surface area contributed by atoms with Crippen LogP contribution in [-0.4, -0.2) is 19.8 Å². The average Bonchev–Trinajstić information content (AvgIpc) is 2.90. The van der Waals surface area contributed by atoms with Gasteiger partial charge in [-0.2, -0.15) is 0 Å². The summed E-state index contributed by atoms with van der Waals surface area (Å²) in [5, 5.41) is -0.489. The number of hydrogen-bond donors (Lipinski definition) is 1. The van der Waals surface area contributed by atoms with Crippen molar-refractivity contribution in [2.75, 3.05) is 13.8 Å². The van der Waals surface area contributed by atoms with E-state index in [1.807, 2.05) is 0 Å². The molecule has 0 amide bonds. The van der Waals surface area contributed by atoms with E-state index in [-0.39, 0.29) is 18.1 Å². The van der Waals surface area contributed by atoms with Crippen LogP contribution in [0.25, 0.3) is 0 Å². The molecule has 2 rings (SSSR count). The first-order valence-electron chi connectivity index (χ1n) is 8.87. The maximum Gasteiger partial charge on any atom is 0.231 e. The second-order valence-electron chi connectivity index (χ2n) is 2.65. The van der Waals surface area contributed by atoms with Crippen LogP contribution in [0, 0.1) is 0 Å². The normalized spacial score (nSPS) is 31.5. The van der Waals surface area contributed by atoms with Gasteiger partial charge >= 0.3 is 0 Å². The van der Waals surface area contributed by atoms with E-state index < -0.39 is 31.5 Å². The first-order valence-corrected chi connectivity index (χ1v) is 3.92. The first kappa shape index (κ1) is 3.14. The molecule has 1 aromatic rings. The molecule has 1 atom stereocenters. The number of nitrogens with one attached hydrogen (secondary N) is 1.